The van der Waals surface area contributed by atoms with Gasteiger partial charge in [0.1, 0.15) is 17.2 Å². The third-order valence-corrected chi connectivity index (χ3v) is 2.93. The van der Waals surface area contributed by atoms with Crippen molar-refractivity contribution in [3.05, 3.63) is 46.7 Å². The number of hydrogen-bond acceptors (Lipinski definition) is 4. The molecule has 1 aromatic heterocycles. The maximum atomic E-state index is 12.1. The van der Waals surface area contributed by atoms with Gasteiger partial charge in [-0.05, 0) is 40.2 Å². The monoisotopic (exact) mass is 363 g/mol. The molecule has 4 nitrogen and oxygen atoms in total. The molecule has 2 aromatic rings. The molecule has 1 N–H and O–H groups in total. The topological polar surface area (TPSA) is 51.6 Å². The Kier molecular flexibility index (Phi) is 4.69. The number of rotatable bonds is 4. The van der Waals surface area contributed by atoms with Crippen LogP contribution in [-0.4, -0.2) is 16.5 Å². The number of benzene rings is 1. The first-order valence-corrected chi connectivity index (χ1v) is 6.45. The molecular formula is C13H9BrF3NO3. The van der Waals surface area contributed by atoms with Crippen LogP contribution in [0.2, 0.25) is 0 Å². The van der Waals surface area contributed by atoms with Gasteiger partial charge in [-0.3, -0.25) is 4.98 Å². The standard InChI is InChI=1S/C13H9BrF3NO3/c14-11-6-9(1-2-12(11)21-13(15,16)17)20-10-3-4-18-8(5-10)7-19/h1-6,19H,7H2. The highest BCUT2D eigenvalue weighted by Crippen LogP contribution is 2.34. The molecule has 0 aliphatic rings. The molecule has 0 aliphatic carbocycles. The van der Waals surface area contributed by atoms with E-state index in [9.17, 15) is 13.2 Å². The Hall–Kier alpha value is -1.80. The SMILES string of the molecule is OCc1cc(Oc2ccc(OC(F)(F)F)c(Br)c2)ccn1. The fourth-order valence-electron chi connectivity index (χ4n) is 1.49. The van der Waals surface area contributed by atoms with Crippen LogP contribution in [0, 0.1) is 0 Å². The Balaban J connectivity index is 2.16. The molecular weight excluding hydrogens is 355 g/mol. The van der Waals surface area contributed by atoms with Gasteiger partial charge in [-0.25, -0.2) is 0 Å². The molecule has 0 bridgehead atoms. The molecule has 21 heavy (non-hydrogen) atoms. The number of alkyl halides is 3. The molecule has 0 aliphatic heterocycles. The van der Waals surface area contributed by atoms with Crippen molar-refractivity contribution in [2.24, 2.45) is 0 Å². The van der Waals surface area contributed by atoms with Crippen LogP contribution < -0.4 is 9.47 Å². The van der Waals surface area contributed by atoms with Gasteiger partial charge in [0.25, 0.3) is 0 Å². The van der Waals surface area contributed by atoms with E-state index < -0.39 is 6.36 Å². The summed E-state index contributed by atoms with van der Waals surface area (Å²) in [7, 11) is 0. The van der Waals surface area contributed by atoms with Gasteiger partial charge < -0.3 is 14.6 Å². The van der Waals surface area contributed by atoms with Crippen LogP contribution in [0.5, 0.6) is 17.2 Å². The first-order valence-electron chi connectivity index (χ1n) is 5.66. The smallest absolute Gasteiger partial charge is 0.457 e. The minimum atomic E-state index is -4.76. The average molecular weight is 364 g/mol. The molecule has 112 valence electrons. The van der Waals surface area contributed by atoms with Crippen LogP contribution >= 0.6 is 15.9 Å². The zero-order chi connectivity index (χ0) is 15.5. The number of aromatic nitrogens is 1. The number of pyridine rings is 1. The van der Waals surface area contributed by atoms with E-state index in [1.165, 1.54) is 24.4 Å². The van der Waals surface area contributed by atoms with E-state index in [0.29, 0.717) is 17.2 Å². The highest BCUT2D eigenvalue weighted by molar-refractivity contribution is 9.10. The first kappa shape index (κ1) is 15.6. The van der Waals surface area contributed by atoms with Gasteiger partial charge in [0.15, 0.2) is 0 Å². The lowest BCUT2D eigenvalue weighted by Gasteiger charge is -2.12. The molecule has 0 unspecified atom stereocenters. The molecule has 0 saturated carbocycles. The second-order valence-corrected chi connectivity index (χ2v) is 4.74. The maximum absolute atomic E-state index is 12.1. The summed E-state index contributed by atoms with van der Waals surface area (Å²) in [6.45, 7) is -0.237. The van der Waals surface area contributed by atoms with E-state index in [1.807, 2.05) is 0 Å². The number of hydrogen-bond donors (Lipinski definition) is 1. The summed E-state index contributed by atoms with van der Waals surface area (Å²) < 4.78 is 45.8. The summed E-state index contributed by atoms with van der Waals surface area (Å²) in [6.07, 6.45) is -3.30. The quantitative estimate of drug-likeness (QED) is 0.890. The van der Waals surface area contributed by atoms with E-state index >= 15 is 0 Å². The molecule has 0 spiro atoms. The van der Waals surface area contributed by atoms with E-state index in [1.54, 1.807) is 6.07 Å². The van der Waals surface area contributed by atoms with Crippen molar-refractivity contribution in [2.75, 3.05) is 0 Å². The highest BCUT2D eigenvalue weighted by Gasteiger charge is 2.32. The zero-order valence-electron chi connectivity index (χ0n) is 10.4. The Bertz CT molecular complexity index is 634. The van der Waals surface area contributed by atoms with Crippen molar-refractivity contribution in [3.63, 3.8) is 0 Å². The van der Waals surface area contributed by atoms with Crippen molar-refractivity contribution in [1.29, 1.82) is 0 Å². The number of aliphatic hydroxyl groups excluding tert-OH is 1. The van der Waals surface area contributed by atoms with Crippen molar-refractivity contribution in [3.8, 4) is 17.2 Å². The molecule has 8 heteroatoms. The second-order valence-electron chi connectivity index (χ2n) is 3.88. The Morgan fingerprint density at radius 1 is 1.14 bits per heavy atom. The van der Waals surface area contributed by atoms with Gasteiger partial charge in [0.2, 0.25) is 0 Å². The van der Waals surface area contributed by atoms with Gasteiger partial charge in [0, 0.05) is 12.3 Å². The minimum absolute atomic E-state index is 0.105. The Morgan fingerprint density at radius 2 is 1.86 bits per heavy atom. The Labute approximate surface area is 126 Å². The third-order valence-electron chi connectivity index (χ3n) is 2.31. The number of halogens is 4. The molecule has 0 atom stereocenters. The number of ether oxygens (including phenoxy) is 2. The average Bonchev–Trinajstić information content (AvgIpc) is 2.41. The van der Waals surface area contributed by atoms with Gasteiger partial charge in [0.05, 0.1) is 16.8 Å². The van der Waals surface area contributed by atoms with E-state index in [2.05, 4.69) is 25.7 Å². The van der Waals surface area contributed by atoms with Crippen LogP contribution in [0.15, 0.2) is 41.0 Å². The highest BCUT2D eigenvalue weighted by atomic mass is 79.9. The van der Waals surface area contributed by atoms with Gasteiger partial charge in [-0.2, -0.15) is 0 Å². The van der Waals surface area contributed by atoms with Crippen LogP contribution in [0.4, 0.5) is 13.2 Å². The largest absolute Gasteiger partial charge is 0.573 e. The van der Waals surface area contributed by atoms with E-state index in [4.69, 9.17) is 9.84 Å². The minimum Gasteiger partial charge on any atom is -0.457 e. The zero-order valence-corrected chi connectivity index (χ0v) is 12.0. The summed E-state index contributed by atoms with van der Waals surface area (Å²) in [5.74, 6) is 0.359. The van der Waals surface area contributed by atoms with Crippen molar-refractivity contribution >= 4 is 15.9 Å². The lowest BCUT2D eigenvalue weighted by Crippen LogP contribution is -2.17. The van der Waals surface area contributed by atoms with E-state index in [0.717, 1.165) is 6.07 Å². The molecule has 0 amide bonds. The lowest BCUT2D eigenvalue weighted by molar-refractivity contribution is -0.274. The normalized spacial score (nSPS) is 11.3. The number of aliphatic hydroxyl groups is 1. The fourth-order valence-corrected chi connectivity index (χ4v) is 1.93. The first-order chi connectivity index (χ1) is 9.87. The van der Waals surface area contributed by atoms with Crippen molar-refractivity contribution < 1.29 is 27.8 Å². The molecule has 0 saturated heterocycles. The van der Waals surface area contributed by atoms with Gasteiger partial charge in [-0.15, -0.1) is 13.2 Å². The van der Waals surface area contributed by atoms with Crippen molar-refractivity contribution in [2.45, 2.75) is 13.0 Å². The Morgan fingerprint density at radius 3 is 2.48 bits per heavy atom. The predicted molar refractivity (Wildman–Crippen MR) is 71.1 cm³/mol. The fraction of sp³-hybridized carbons (Fsp3) is 0.154. The summed E-state index contributed by atoms with van der Waals surface area (Å²) >= 11 is 2.98. The van der Waals surface area contributed by atoms with Gasteiger partial charge in [-0.1, -0.05) is 0 Å². The second kappa shape index (κ2) is 6.31. The van der Waals surface area contributed by atoms with Crippen LogP contribution in [0.25, 0.3) is 0 Å². The van der Waals surface area contributed by atoms with E-state index in [-0.39, 0.29) is 16.8 Å². The number of nitrogens with zero attached hydrogens (tertiary/aromatic N) is 1. The maximum Gasteiger partial charge on any atom is 0.573 e. The third kappa shape index (κ3) is 4.61. The summed E-state index contributed by atoms with van der Waals surface area (Å²) in [5.41, 5.74) is 0.420. The molecule has 0 radical (unpaired) electrons. The lowest BCUT2D eigenvalue weighted by atomic mass is 10.3. The summed E-state index contributed by atoms with van der Waals surface area (Å²) in [4.78, 5) is 3.89. The van der Waals surface area contributed by atoms with Crippen LogP contribution in [0.3, 0.4) is 0 Å². The molecule has 1 aromatic carbocycles. The van der Waals surface area contributed by atoms with Gasteiger partial charge >= 0.3 is 6.36 Å². The molecule has 1 heterocycles. The predicted octanol–water partition coefficient (Wildman–Crippen LogP) is 4.03. The summed E-state index contributed by atoms with van der Waals surface area (Å²) in [5, 5.41) is 8.97. The molecule has 2 rings (SSSR count). The van der Waals surface area contributed by atoms with Crippen molar-refractivity contribution in [1.82, 2.24) is 4.98 Å². The molecule has 0 fully saturated rings. The van der Waals surface area contributed by atoms with Crippen LogP contribution in [0.1, 0.15) is 5.69 Å². The van der Waals surface area contributed by atoms with Crippen LogP contribution in [-0.2, 0) is 6.61 Å². The summed E-state index contributed by atoms with van der Waals surface area (Å²) in [6, 6.07) is 6.91.